The first-order valence-corrected chi connectivity index (χ1v) is 14.0. The van der Waals surface area contributed by atoms with Gasteiger partial charge in [-0.25, -0.2) is 4.98 Å². The van der Waals surface area contributed by atoms with Gasteiger partial charge in [-0.2, -0.15) is 0 Å². The van der Waals surface area contributed by atoms with Crippen LogP contribution in [0.15, 0.2) is 54.7 Å². The zero-order valence-electron chi connectivity index (χ0n) is 23.3. The van der Waals surface area contributed by atoms with Gasteiger partial charge >= 0.3 is 0 Å². The van der Waals surface area contributed by atoms with Gasteiger partial charge < -0.3 is 25.1 Å². The Morgan fingerprint density at radius 1 is 0.950 bits per heavy atom. The number of pyridine rings is 1. The highest BCUT2D eigenvalue weighted by molar-refractivity contribution is 6.13. The standard InChI is InChI=1S/C31H36N6O3/c1-20-16-21(30(39)36-13-10-22(11-14-36)37-15-12-23(38)19-37)8-9-25(20)33-29-17-27-28(18-32-29)35(3)31(40)24-6-4-5-7-26(24)34(27)2/h4-9,16-18,22-23,38H,10-15,19H2,1-3H3,(H,32,33)/t23-/m1/s1. The molecule has 9 heteroatoms. The molecule has 1 atom stereocenters. The van der Waals surface area contributed by atoms with Gasteiger partial charge in [0.2, 0.25) is 0 Å². The number of piperidine rings is 1. The van der Waals surface area contributed by atoms with Crippen LogP contribution in [0.1, 0.15) is 45.5 Å². The third-order valence-electron chi connectivity index (χ3n) is 8.58. The molecule has 2 fully saturated rings. The fraction of sp³-hybridized carbons (Fsp3) is 0.387. The highest BCUT2D eigenvalue weighted by atomic mass is 16.3. The number of nitrogens with zero attached hydrogens (tertiary/aromatic N) is 5. The Balaban J connectivity index is 1.16. The van der Waals surface area contributed by atoms with Crippen LogP contribution in [0.2, 0.25) is 0 Å². The summed E-state index contributed by atoms with van der Waals surface area (Å²) in [5, 5.41) is 13.3. The molecule has 0 radical (unpaired) electrons. The predicted molar refractivity (Wildman–Crippen MR) is 157 cm³/mol. The molecule has 0 aliphatic carbocycles. The molecule has 0 saturated carbocycles. The molecule has 3 aromatic rings. The first-order chi connectivity index (χ1) is 19.3. The zero-order chi connectivity index (χ0) is 28.0. The molecule has 4 heterocycles. The van der Waals surface area contributed by atoms with Crippen LogP contribution >= 0.6 is 0 Å². The van der Waals surface area contributed by atoms with E-state index in [-0.39, 0.29) is 17.9 Å². The Morgan fingerprint density at radius 2 is 1.73 bits per heavy atom. The van der Waals surface area contributed by atoms with E-state index in [4.69, 9.17) is 0 Å². The van der Waals surface area contributed by atoms with Gasteiger partial charge in [-0.1, -0.05) is 12.1 Å². The SMILES string of the molecule is Cc1cc(C(=O)N2CCC(N3CC[C@@H](O)C3)CC2)ccc1Nc1cc2c(cn1)N(C)C(=O)c1ccccc1N2C. The maximum atomic E-state index is 13.3. The lowest BCUT2D eigenvalue weighted by atomic mass is 10.0. The number of rotatable bonds is 4. The third kappa shape index (κ3) is 4.80. The average molecular weight is 541 g/mol. The van der Waals surface area contributed by atoms with Crippen molar-refractivity contribution in [1.82, 2.24) is 14.8 Å². The van der Waals surface area contributed by atoms with Crippen molar-refractivity contribution in [2.75, 3.05) is 55.4 Å². The Hall–Kier alpha value is -3.95. The van der Waals surface area contributed by atoms with Gasteiger partial charge in [-0.3, -0.25) is 14.5 Å². The number of anilines is 5. The molecule has 3 aliphatic heterocycles. The van der Waals surface area contributed by atoms with Crippen LogP contribution < -0.4 is 15.1 Å². The number of likely N-dealkylation sites (tertiary alicyclic amines) is 2. The average Bonchev–Trinajstić information content (AvgIpc) is 3.40. The highest BCUT2D eigenvalue weighted by Crippen LogP contribution is 2.40. The van der Waals surface area contributed by atoms with Crippen LogP contribution in [-0.4, -0.2) is 84.1 Å². The Bertz CT molecular complexity index is 1450. The van der Waals surface area contributed by atoms with Crippen molar-refractivity contribution in [2.24, 2.45) is 0 Å². The van der Waals surface area contributed by atoms with E-state index in [0.29, 0.717) is 23.0 Å². The van der Waals surface area contributed by atoms with Gasteiger partial charge in [-0.15, -0.1) is 0 Å². The number of aliphatic hydroxyl groups is 1. The first-order valence-electron chi connectivity index (χ1n) is 14.0. The summed E-state index contributed by atoms with van der Waals surface area (Å²) in [4.78, 5) is 38.9. The summed E-state index contributed by atoms with van der Waals surface area (Å²) in [6.07, 6.45) is 4.25. The molecule has 208 valence electrons. The smallest absolute Gasteiger partial charge is 0.260 e. The molecule has 0 bridgehead atoms. The number of fused-ring (bicyclic) bond motifs is 2. The summed E-state index contributed by atoms with van der Waals surface area (Å²) in [5.41, 5.74) is 5.60. The van der Waals surface area contributed by atoms with Crippen LogP contribution in [-0.2, 0) is 0 Å². The van der Waals surface area contributed by atoms with Gasteiger partial charge in [0.05, 0.1) is 34.9 Å². The Morgan fingerprint density at radius 3 is 2.45 bits per heavy atom. The van der Waals surface area contributed by atoms with Crippen LogP contribution in [0.4, 0.5) is 28.6 Å². The van der Waals surface area contributed by atoms with Crippen LogP contribution in [0.25, 0.3) is 0 Å². The molecule has 0 spiro atoms. The van der Waals surface area contributed by atoms with Gasteiger partial charge in [-0.05, 0) is 62.1 Å². The van der Waals surface area contributed by atoms with Crippen molar-refractivity contribution in [3.05, 3.63) is 71.4 Å². The zero-order valence-corrected chi connectivity index (χ0v) is 23.3. The lowest BCUT2D eigenvalue weighted by Gasteiger charge is -2.36. The van der Waals surface area contributed by atoms with Gasteiger partial charge in [0, 0.05) is 63.6 Å². The topological polar surface area (TPSA) is 92.2 Å². The number of amides is 2. The molecule has 40 heavy (non-hydrogen) atoms. The van der Waals surface area contributed by atoms with Gasteiger partial charge in [0.1, 0.15) is 5.82 Å². The molecular weight excluding hydrogens is 504 g/mol. The number of hydrogen-bond donors (Lipinski definition) is 2. The second-order valence-corrected chi connectivity index (χ2v) is 11.1. The summed E-state index contributed by atoms with van der Waals surface area (Å²) in [6.45, 7) is 5.17. The molecule has 2 N–H and O–H groups in total. The number of β-amino-alcohol motifs (C(OH)–C–C–N with tert-alkyl or cyclic N) is 1. The van der Waals surface area contributed by atoms with Crippen molar-refractivity contribution >= 4 is 40.4 Å². The van der Waals surface area contributed by atoms with Gasteiger partial charge in [0.25, 0.3) is 11.8 Å². The van der Waals surface area contributed by atoms with Crippen LogP contribution in [0.5, 0.6) is 0 Å². The summed E-state index contributed by atoms with van der Waals surface area (Å²) in [7, 11) is 3.72. The molecule has 2 saturated heterocycles. The summed E-state index contributed by atoms with van der Waals surface area (Å²) in [6, 6.07) is 15.7. The first kappa shape index (κ1) is 26.3. The van der Waals surface area contributed by atoms with E-state index in [1.165, 1.54) is 0 Å². The molecule has 1 aromatic heterocycles. The van der Waals surface area contributed by atoms with Crippen molar-refractivity contribution in [3.63, 3.8) is 0 Å². The number of aryl methyl sites for hydroxylation is 1. The molecular formula is C31H36N6O3. The van der Waals surface area contributed by atoms with E-state index in [9.17, 15) is 14.7 Å². The maximum Gasteiger partial charge on any atom is 0.260 e. The monoisotopic (exact) mass is 540 g/mol. The molecule has 9 nitrogen and oxygen atoms in total. The molecule has 2 aromatic carbocycles. The lowest BCUT2D eigenvalue weighted by molar-refractivity contribution is 0.0627. The summed E-state index contributed by atoms with van der Waals surface area (Å²) in [5.74, 6) is 0.645. The molecule has 6 rings (SSSR count). The predicted octanol–water partition coefficient (Wildman–Crippen LogP) is 4.16. The highest BCUT2D eigenvalue weighted by Gasteiger charge is 2.32. The number of nitrogens with one attached hydrogen (secondary N) is 1. The van der Waals surface area contributed by atoms with Crippen molar-refractivity contribution in [3.8, 4) is 0 Å². The largest absolute Gasteiger partial charge is 0.392 e. The van der Waals surface area contributed by atoms with Gasteiger partial charge in [0.15, 0.2) is 0 Å². The number of carbonyl (C=O) groups excluding carboxylic acids is 2. The fourth-order valence-electron chi connectivity index (χ4n) is 6.19. The number of hydrogen-bond acceptors (Lipinski definition) is 7. The Kier molecular flexibility index (Phi) is 6.93. The Labute approximate surface area is 235 Å². The normalized spacial score (nSPS) is 19.9. The number of aromatic nitrogens is 1. The van der Waals surface area contributed by atoms with Crippen LogP contribution in [0.3, 0.4) is 0 Å². The molecule has 3 aliphatic rings. The van der Waals surface area contributed by atoms with Crippen molar-refractivity contribution in [2.45, 2.75) is 38.3 Å². The molecule has 2 amide bonds. The molecule has 0 unspecified atom stereocenters. The maximum absolute atomic E-state index is 13.3. The van der Waals surface area contributed by atoms with E-state index in [1.54, 1.807) is 18.1 Å². The number of aliphatic hydroxyl groups excluding tert-OH is 1. The fourth-order valence-corrected chi connectivity index (χ4v) is 6.19. The van der Waals surface area contributed by atoms with E-state index in [0.717, 1.165) is 73.8 Å². The summed E-state index contributed by atoms with van der Waals surface area (Å²) >= 11 is 0. The van der Waals surface area contributed by atoms with E-state index >= 15 is 0 Å². The summed E-state index contributed by atoms with van der Waals surface area (Å²) < 4.78 is 0. The van der Waals surface area contributed by atoms with E-state index in [1.807, 2.05) is 72.3 Å². The number of para-hydroxylation sites is 1. The second-order valence-electron chi connectivity index (χ2n) is 11.1. The van der Waals surface area contributed by atoms with Crippen molar-refractivity contribution < 1.29 is 14.7 Å². The minimum Gasteiger partial charge on any atom is -0.392 e. The van der Waals surface area contributed by atoms with E-state index in [2.05, 4.69) is 15.2 Å². The minimum atomic E-state index is -0.209. The third-order valence-corrected chi connectivity index (χ3v) is 8.58. The minimum absolute atomic E-state index is 0.0608. The quantitative estimate of drug-likeness (QED) is 0.513. The van der Waals surface area contributed by atoms with Crippen molar-refractivity contribution in [1.29, 1.82) is 0 Å². The number of carbonyl (C=O) groups is 2. The van der Waals surface area contributed by atoms with Crippen LogP contribution in [0, 0.1) is 6.92 Å². The second kappa shape index (κ2) is 10.6. The lowest BCUT2D eigenvalue weighted by Crippen LogP contribution is -2.46. The number of benzene rings is 2. The van der Waals surface area contributed by atoms with E-state index < -0.39 is 0 Å².